The number of thiazole rings is 1. The maximum Gasteiger partial charge on any atom is 0.304 e. The van der Waals surface area contributed by atoms with Crippen LogP contribution in [0.5, 0.6) is 0 Å². The summed E-state index contributed by atoms with van der Waals surface area (Å²) in [5.41, 5.74) is 1.03. The number of rotatable bonds is 3. The first kappa shape index (κ1) is 9.60. The number of aromatic amines is 1. The predicted octanol–water partition coefficient (Wildman–Crippen LogP) is 1.71. The average Bonchev–Trinajstić information content (AvgIpc) is 2.90. The Morgan fingerprint density at radius 2 is 2.40 bits per heavy atom. The molecule has 2 bridgehead atoms. The first-order valence-electron chi connectivity index (χ1n) is 5.71. The third-order valence-corrected chi connectivity index (χ3v) is 4.58. The molecule has 4 heteroatoms. The fourth-order valence-electron chi connectivity index (χ4n) is 3.14. The number of H-pyrrole nitrogens is 1. The minimum atomic E-state index is 0.0553. The second-order valence-corrected chi connectivity index (χ2v) is 5.68. The van der Waals surface area contributed by atoms with E-state index < -0.39 is 0 Å². The number of nitrogens with one attached hydrogen (secondary N) is 2. The highest BCUT2D eigenvalue weighted by atomic mass is 32.1. The van der Waals surface area contributed by atoms with Crippen molar-refractivity contribution in [3.8, 4) is 0 Å². The lowest BCUT2D eigenvalue weighted by molar-refractivity contribution is 0.349. The van der Waals surface area contributed by atoms with Crippen LogP contribution in [0.4, 0.5) is 0 Å². The van der Waals surface area contributed by atoms with E-state index in [4.69, 9.17) is 0 Å². The van der Waals surface area contributed by atoms with E-state index in [1.807, 2.05) is 5.38 Å². The van der Waals surface area contributed by atoms with Crippen LogP contribution in [0.25, 0.3) is 0 Å². The van der Waals surface area contributed by atoms with Gasteiger partial charge in [-0.05, 0) is 31.1 Å². The molecule has 3 nitrogen and oxygen atoms in total. The van der Waals surface area contributed by atoms with E-state index in [0.29, 0.717) is 6.04 Å². The Labute approximate surface area is 92.9 Å². The molecule has 0 aromatic carbocycles. The van der Waals surface area contributed by atoms with Crippen LogP contribution in [0.15, 0.2) is 10.2 Å². The van der Waals surface area contributed by atoms with Crippen molar-refractivity contribution in [2.75, 3.05) is 0 Å². The molecule has 0 amide bonds. The molecule has 2 N–H and O–H groups in total. The number of hydrogen-bond acceptors (Lipinski definition) is 3. The topological polar surface area (TPSA) is 44.9 Å². The van der Waals surface area contributed by atoms with Gasteiger partial charge in [-0.15, -0.1) is 0 Å². The first-order valence-corrected chi connectivity index (χ1v) is 6.59. The SMILES string of the molecule is O=c1[nH]c(CNC2CC3CCC2C3)cs1. The van der Waals surface area contributed by atoms with Crippen molar-refractivity contribution in [2.45, 2.75) is 38.3 Å². The van der Waals surface area contributed by atoms with Crippen molar-refractivity contribution in [1.82, 2.24) is 10.3 Å². The van der Waals surface area contributed by atoms with E-state index in [2.05, 4.69) is 10.3 Å². The summed E-state index contributed by atoms with van der Waals surface area (Å²) in [4.78, 5) is 13.8. The van der Waals surface area contributed by atoms with Crippen LogP contribution >= 0.6 is 11.3 Å². The quantitative estimate of drug-likeness (QED) is 0.821. The molecule has 1 aromatic heterocycles. The van der Waals surface area contributed by atoms with Gasteiger partial charge in [-0.3, -0.25) is 4.79 Å². The summed E-state index contributed by atoms with van der Waals surface area (Å²) in [6, 6.07) is 0.701. The van der Waals surface area contributed by atoms with Gasteiger partial charge in [0.15, 0.2) is 0 Å². The Balaban J connectivity index is 1.56. The van der Waals surface area contributed by atoms with Crippen LogP contribution < -0.4 is 10.2 Å². The molecule has 2 aliphatic carbocycles. The zero-order valence-electron chi connectivity index (χ0n) is 8.66. The van der Waals surface area contributed by atoms with Gasteiger partial charge in [-0.2, -0.15) is 0 Å². The van der Waals surface area contributed by atoms with Gasteiger partial charge in [0.25, 0.3) is 0 Å². The molecule has 3 atom stereocenters. The van der Waals surface area contributed by atoms with E-state index in [1.165, 1.54) is 37.0 Å². The van der Waals surface area contributed by atoms with Crippen LogP contribution in [0.2, 0.25) is 0 Å². The second kappa shape index (κ2) is 3.76. The van der Waals surface area contributed by atoms with Gasteiger partial charge in [-0.25, -0.2) is 0 Å². The minimum absolute atomic E-state index is 0.0553. The largest absolute Gasteiger partial charge is 0.315 e. The summed E-state index contributed by atoms with van der Waals surface area (Å²) < 4.78 is 0. The lowest BCUT2D eigenvalue weighted by Crippen LogP contribution is -2.33. The Kier molecular flexibility index (Phi) is 2.41. The summed E-state index contributed by atoms with van der Waals surface area (Å²) in [6.07, 6.45) is 5.62. The molecule has 0 saturated heterocycles. The van der Waals surface area contributed by atoms with E-state index in [-0.39, 0.29) is 4.87 Å². The van der Waals surface area contributed by atoms with Crippen molar-refractivity contribution < 1.29 is 0 Å². The Morgan fingerprint density at radius 1 is 1.47 bits per heavy atom. The molecule has 1 aromatic rings. The van der Waals surface area contributed by atoms with Gasteiger partial charge in [0.2, 0.25) is 0 Å². The highest BCUT2D eigenvalue weighted by Gasteiger charge is 2.38. The Bertz CT molecular complexity index is 397. The number of aromatic nitrogens is 1. The van der Waals surface area contributed by atoms with Crippen molar-refractivity contribution in [1.29, 1.82) is 0 Å². The molecule has 3 rings (SSSR count). The molecule has 0 aliphatic heterocycles. The monoisotopic (exact) mass is 224 g/mol. The fourth-order valence-corrected chi connectivity index (χ4v) is 3.72. The molecule has 15 heavy (non-hydrogen) atoms. The maximum absolute atomic E-state index is 10.9. The standard InChI is InChI=1S/C11H16N2OS/c14-11-13-9(6-15-11)5-12-10-4-7-1-2-8(10)3-7/h6-8,10,12H,1-5H2,(H,13,14). The Hall–Kier alpha value is -0.610. The van der Waals surface area contributed by atoms with Crippen LogP contribution in [-0.4, -0.2) is 11.0 Å². The molecule has 0 spiro atoms. The van der Waals surface area contributed by atoms with Crippen molar-refractivity contribution >= 4 is 11.3 Å². The summed E-state index contributed by atoms with van der Waals surface area (Å²) in [7, 11) is 0. The normalized spacial score (nSPS) is 33.7. The maximum atomic E-state index is 10.9. The summed E-state index contributed by atoms with van der Waals surface area (Å²) >= 11 is 1.25. The third kappa shape index (κ3) is 1.88. The minimum Gasteiger partial charge on any atom is -0.315 e. The van der Waals surface area contributed by atoms with Crippen LogP contribution in [0.1, 0.15) is 31.4 Å². The average molecular weight is 224 g/mol. The van der Waals surface area contributed by atoms with Gasteiger partial charge >= 0.3 is 4.87 Å². The molecule has 1 heterocycles. The van der Waals surface area contributed by atoms with Crippen molar-refractivity contribution in [2.24, 2.45) is 11.8 Å². The molecule has 2 fully saturated rings. The van der Waals surface area contributed by atoms with Gasteiger partial charge in [0.1, 0.15) is 0 Å². The van der Waals surface area contributed by atoms with Gasteiger partial charge in [0, 0.05) is 23.7 Å². The van der Waals surface area contributed by atoms with Crippen molar-refractivity contribution in [3.63, 3.8) is 0 Å². The highest BCUT2D eigenvalue weighted by Crippen LogP contribution is 2.44. The van der Waals surface area contributed by atoms with E-state index in [9.17, 15) is 4.79 Å². The number of hydrogen-bond donors (Lipinski definition) is 2. The lowest BCUT2D eigenvalue weighted by Gasteiger charge is -2.22. The molecular formula is C11H16N2OS. The summed E-state index contributed by atoms with van der Waals surface area (Å²) in [6.45, 7) is 0.826. The third-order valence-electron chi connectivity index (χ3n) is 3.86. The van der Waals surface area contributed by atoms with Crippen LogP contribution in [0, 0.1) is 11.8 Å². The van der Waals surface area contributed by atoms with Crippen LogP contribution in [0.3, 0.4) is 0 Å². The number of fused-ring (bicyclic) bond motifs is 2. The van der Waals surface area contributed by atoms with E-state index >= 15 is 0 Å². The molecule has 82 valence electrons. The smallest absolute Gasteiger partial charge is 0.304 e. The highest BCUT2D eigenvalue weighted by molar-refractivity contribution is 7.07. The predicted molar refractivity (Wildman–Crippen MR) is 61.0 cm³/mol. The fraction of sp³-hybridized carbons (Fsp3) is 0.727. The zero-order chi connectivity index (χ0) is 10.3. The Morgan fingerprint density at radius 3 is 3.00 bits per heavy atom. The van der Waals surface area contributed by atoms with Crippen LogP contribution in [-0.2, 0) is 6.54 Å². The molecule has 3 unspecified atom stereocenters. The zero-order valence-corrected chi connectivity index (χ0v) is 9.48. The molecule has 0 radical (unpaired) electrons. The van der Waals surface area contributed by atoms with Crippen molar-refractivity contribution in [3.05, 3.63) is 20.7 Å². The summed E-state index contributed by atoms with van der Waals surface area (Å²) in [5.74, 6) is 1.88. The van der Waals surface area contributed by atoms with Gasteiger partial charge in [-0.1, -0.05) is 17.8 Å². The van der Waals surface area contributed by atoms with E-state index in [0.717, 1.165) is 24.1 Å². The van der Waals surface area contributed by atoms with Gasteiger partial charge in [0.05, 0.1) is 0 Å². The lowest BCUT2D eigenvalue weighted by atomic mass is 9.95. The second-order valence-electron chi connectivity index (χ2n) is 4.84. The summed E-state index contributed by atoms with van der Waals surface area (Å²) in [5, 5.41) is 5.50. The van der Waals surface area contributed by atoms with Gasteiger partial charge < -0.3 is 10.3 Å². The molecule has 2 aliphatic rings. The molecular weight excluding hydrogens is 208 g/mol. The molecule has 2 saturated carbocycles. The van der Waals surface area contributed by atoms with E-state index in [1.54, 1.807) is 0 Å². The first-order chi connectivity index (χ1) is 7.31.